The van der Waals surface area contributed by atoms with E-state index in [-0.39, 0.29) is 31.8 Å². The summed E-state index contributed by atoms with van der Waals surface area (Å²) in [6.07, 6.45) is 0.304. The number of carboxylic acids is 1. The van der Waals surface area contributed by atoms with E-state index in [4.69, 9.17) is 38.1 Å². The molecule has 1 heterocycles. The van der Waals surface area contributed by atoms with Crippen molar-refractivity contribution >= 4 is 52.5 Å². The third kappa shape index (κ3) is 9.37. The first-order chi connectivity index (χ1) is 14.9. The number of aryl methyl sites for hydroxylation is 1. The average molecular weight is 556 g/mol. The Hall–Kier alpha value is -2.07. The fourth-order valence-corrected chi connectivity index (χ4v) is 3.68. The summed E-state index contributed by atoms with van der Waals surface area (Å²) in [4.78, 5) is 38.2. The molecule has 0 amide bonds. The highest BCUT2D eigenvalue weighted by molar-refractivity contribution is 7.92. The molecule has 5 N–H and O–H groups in total. The minimum Gasteiger partial charge on any atom is -0.480 e. The molecule has 0 saturated carbocycles. The van der Waals surface area contributed by atoms with Crippen LogP contribution >= 0.6 is 30.8 Å². The highest BCUT2D eigenvalue weighted by Crippen LogP contribution is 2.32. The number of rotatable bonds is 8. The van der Waals surface area contributed by atoms with Gasteiger partial charge in [0.25, 0.3) is 0 Å². The van der Waals surface area contributed by atoms with Crippen molar-refractivity contribution in [2.24, 2.45) is 0 Å². The molecule has 33 heavy (non-hydrogen) atoms. The molecule has 1 aromatic heterocycles. The normalized spacial score (nSPS) is 11.8. The number of alkyl halides is 2. The highest BCUT2D eigenvalue weighted by atomic mass is 35.5. The van der Waals surface area contributed by atoms with E-state index < -0.39 is 48.7 Å². The molecule has 0 aliphatic carbocycles. The Bertz CT molecular complexity index is 1230. The zero-order valence-corrected chi connectivity index (χ0v) is 20.0. The minimum absolute atomic E-state index is 0.0257. The third-order valence-corrected chi connectivity index (χ3v) is 5.17. The number of carbonyl (C=O) groups is 1. The van der Waals surface area contributed by atoms with Gasteiger partial charge in [0, 0.05) is 0 Å². The molecule has 1 aromatic carbocycles. The van der Waals surface area contributed by atoms with E-state index in [2.05, 4.69) is 15.1 Å². The Morgan fingerprint density at radius 1 is 1.27 bits per heavy atom. The first kappa shape index (κ1) is 29.0. The molecule has 0 unspecified atom stereocenters. The lowest BCUT2D eigenvalue weighted by atomic mass is 10.3. The van der Waals surface area contributed by atoms with Crippen LogP contribution in [-0.2, 0) is 19.4 Å². The second-order valence-corrected chi connectivity index (χ2v) is 10.4. The SMILES string of the molecule is Cc1nn(-c2cc(NS(C)(=O)=O)c(Cl)cc2Cl)c(=O)n1C(F)F.O=C(O)CNCP(=O)(O)O. The molecule has 2 rings (SSSR count). The van der Waals surface area contributed by atoms with Gasteiger partial charge >= 0.3 is 25.8 Å². The maximum atomic E-state index is 12.8. The Labute approximate surface area is 195 Å². The van der Waals surface area contributed by atoms with E-state index in [0.29, 0.717) is 4.68 Å². The van der Waals surface area contributed by atoms with Crippen LogP contribution in [0.2, 0.25) is 10.0 Å². The van der Waals surface area contributed by atoms with Crippen molar-refractivity contribution in [1.82, 2.24) is 19.7 Å². The van der Waals surface area contributed by atoms with Crippen molar-refractivity contribution in [2.75, 3.05) is 23.8 Å². The molecular weight excluding hydrogens is 538 g/mol. The first-order valence-electron chi connectivity index (χ1n) is 8.33. The van der Waals surface area contributed by atoms with Crippen LogP contribution in [0.4, 0.5) is 14.5 Å². The van der Waals surface area contributed by atoms with E-state index in [0.717, 1.165) is 12.3 Å². The Morgan fingerprint density at radius 2 is 1.85 bits per heavy atom. The van der Waals surface area contributed by atoms with Crippen LogP contribution in [0.5, 0.6) is 0 Å². The number of aliphatic carboxylic acids is 1. The van der Waals surface area contributed by atoms with Gasteiger partial charge in [-0.3, -0.25) is 19.4 Å². The summed E-state index contributed by atoms with van der Waals surface area (Å²) in [5.41, 5.74) is -1.27. The Morgan fingerprint density at radius 3 is 2.27 bits per heavy atom. The molecule has 0 bridgehead atoms. The maximum Gasteiger partial charge on any atom is 0.355 e. The molecule has 0 aliphatic heterocycles. The van der Waals surface area contributed by atoms with E-state index in [9.17, 15) is 31.4 Å². The van der Waals surface area contributed by atoms with Crippen LogP contribution in [0, 0.1) is 6.92 Å². The average Bonchev–Trinajstić information content (AvgIpc) is 2.89. The molecular formula is C14H18Cl2F2N5O8PS. The zero-order valence-electron chi connectivity index (χ0n) is 16.7. The number of benzene rings is 1. The third-order valence-electron chi connectivity index (χ3n) is 3.33. The van der Waals surface area contributed by atoms with Crippen molar-refractivity contribution < 1.29 is 41.5 Å². The van der Waals surface area contributed by atoms with Crippen LogP contribution in [-0.4, -0.2) is 62.7 Å². The van der Waals surface area contributed by atoms with Crippen LogP contribution in [0.3, 0.4) is 0 Å². The molecule has 0 fully saturated rings. The van der Waals surface area contributed by atoms with Crippen LogP contribution < -0.4 is 15.7 Å². The van der Waals surface area contributed by atoms with E-state index >= 15 is 0 Å². The second kappa shape index (κ2) is 11.4. The predicted octanol–water partition coefficient (Wildman–Crippen LogP) is 1.21. The van der Waals surface area contributed by atoms with Crippen molar-refractivity contribution in [1.29, 1.82) is 0 Å². The van der Waals surface area contributed by atoms with Crippen LogP contribution in [0.15, 0.2) is 16.9 Å². The highest BCUT2D eigenvalue weighted by Gasteiger charge is 2.21. The van der Waals surface area contributed by atoms with Crippen molar-refractivity contribution in [2.45, 2.75) is 13.5 Å². The summed E-state index contributed by atoms with van der Waals surface area (Å²) in [6.45, 7) is -2.29. The minimum atomic E-state index is -4.10. The molecule has 13 nitrogen and oxygen atoms in total. The van der Waals surface area contributed by atoms with Crippen molar-refractivity contribution in [3.05, 3.63) is 38.5 Å². The van der Waals surface area contributed by atoms with Gasteiger partial charge in [0.2, 0.25) is 10.0 Å². The van der Waals surface area contributed by atoms with Gasteiger partial charge in [-0.05, 0) is 19.1 Å². The summed E-state index contributed by atoms with van der Waals surface area (Å²) < 4.78 is 61.3. The topological polar surface area (TPSA) is 193 Å². The molecule has 0 spiro atoms. The largest absolute Gasteiger partial charge is 0.480 e. The molecule has 2 aromatic rings. The molecule has 186 valence electrons. The number of hydrogen-bond donors (Lipinski definition) is 5. The summed E-state index contributed by atoms with van der Waals surface area (Å²) in [5.74, 6) is -1.37. The fraction of sp³-hybridized carbons (Fsp3) is 0.357. The van der Waals surface area contributed by atoms with Gasteiger partial charge in [-0.1, -0.05) is 23.2 Å². The molecule has 19 heteroatoms. The zero-order chi connectivity index (χ0) is 25.7. The number of nitrogens with one attached hydrogen (secondary N) is 2. The van der Waals surface area contributed by atoms with Crippen LogP contribution in [0.1, 0.15) is 12.4 Å². The monoisotopic (exact) mass is 555 g/mol. The van der Waals surface area contributed by atoms with Gasteiger partial charge in [-0.2, -0.15) is 13.5 Å². The van der Waals surface area contributed by atoms with Crippen LogP contribution in [0.25, 0.3) is 5.69 Å². The van der Waals surface area contributed by atoms with E-state index in [1.54, 1.807) is 0 Å². The van der Waals surface area contributed by atoms with Gasteiger partial charge in [0.15, 0.2) is 0 Å². The Balaban J connectivity index is 0.000000461. The quantitative estimate of drug-likeness (QED) is 0.295. The summed E-state index contributed by atoms with van der Waals surface area (Å²) in [6, 6.07) is 2.31. The number of anilines is 1. The molecule has 0 aliphatic rings. The standard InChI is InChI=1S/C11H10Cl2F2N4O3S.C3H8NO5P/c1-5-16-19(11(20)18(5)10(14)15)9-4-8(17-23(2,21)22)6(12)3-7(9)13;5-3(6)1-4-2-10(7,8)9/h3-4,10,17H,1-2H3;4H,1-2H2,(H,5,6)(H2,7,8,9). The lowest BCUT2D eigenvalue weighted by Gasteiger charge is -2.10. The number of sulfonamides is 1. The van der Waals surface area contributed by atoms with Gasteiger partial charge in [-0.15, -0.1) is 5.10 Å². The number of hydrogen-bond acceptors (Lipinski definition) is 7. The van der Waals surface area contributed by atoms with Gasteiger partial charge in [0.05, 0.1) is 40.5 Å². The smallest absolute Gasteiger partial charge is 0.355 e. The van der Waals surface area contributed by atoms with Gasteiger partial charge < -0.3 is 14.9 Å². The fourth-order valence-electron chi connectivity index (χ4n) is 2.14. The predicted molar refractivity (Wildman–Crippen MR) is 115 cm³/mol. The maximum absolute atomic E-state index is 12.8. The van der Waals surface area contributed by atoms with Crippen molar-refractivity contribution in [3.63, 3.8) is 0 Å². The van der Waals surface area contributed by atoms with Gasteiger partial charge in [-0.25, -0.2) is 17.8 Å². The lowest BCUT2D eigenvalue weighted by molar-refractivity contribution is -0.135. The lowest BCUT2D eigenvalue weighted by Crippen LogP contribution is -2.25. The second-order valence-electron chi connectivity index (χ2n) is 6.19. The van der Waals surface area contributed by atoms with Crippen molar-refractivity contribution in [3.8, 4) is 5.69 Å². The number of carboxylic acid groups (broad SMARTS) is 1. The summed E-state index contributed by atoms with van der Waals surface area (Å²) in [7, 11) is -7.74. The van der Waals surface area contributed by atoms with Gasteiger partial charge in [0.1, 0.15) is 5.82 Å². The summed E-state index contributed by atoms with van der Waals surface area (Å²) >= 11 is 11.8. The Kier molecular flexibility index (Phi) is 9.98. The number of nitrogens with zero attached hydrogens (tertiary/aromatic N) is 3. The van der Waals surface area contributed by atoms with E-state index in [1.165, 1.54) is 13.0 Å². The molecule has 0 saturated heterocycles. The number of halogens is 4. The summed E-state index contributed by atoms with van der Waals surface area (Å²) in [5, 5.41) is 13.7. The molecule has 0 radical (unpaired) electrons. The number of aromatic nitrogens is 3. The van der Waals surface area contributed by atoms with E-state index in [1.807, 2.05) is 0 Å². The first-order valence-corrected chi connectivity index (χ1v) is 12.8. The molecule has 0 atom stereocenters.